The molecule has 28 heavy (non-hydrogen) atoms. The lowest BCUT2D eigenvalue weighted by Gasteiger charge is -2.27. The molecule has 0 saturated carbocycles. The molecule has 1 saturated heterocycles. The Labute approximate surface area is 160 Å². The molecule has 2 heterocycles. The van der Waals surface area contributed by atoms with Crippen LogP contribution in [-0.2, 0) is 9.30 Å². The van der Waals surface area contributed by atoms with Crippen LogP contribution in [0.3, 0.4) is 0 Å². The van der Waals surface area contributed by atoms with Gasteiger partial charge < -0.3 is 28.7 Å². The minimum Gasteiger partial charge on any atom is -0.440 e. The normalized spacial score (nSPS) is 14.5. The summed E-state index contributed by atoms with van der Waals surface area (Å²) in [6.45, 7) is 2.79. The van der Waals surface area contributed by atoms with Crippen molar-refractivity contribution in [3.63, 3.8) is 0 Å². The molecule has 0 unspecified atom stereocenters. The van der Waals surface area contributed by atoms with Crippen molar-refractivity contribution in [3.05, 3.63) is 64.8 Å². The highest BCUT2D eigenvalue weighted by Gasteiger charge is 2.17. The third kappa shape index (κ3) is 5.28. The van der Waals surface area contributed by atoms with Crippen molar-refractivity contribution in [2.24, 2.45) is 0 Å². The number of rotatable bonds is 2. The second kappa shape index (κ2) is 8.68. The largest absolute Gasteiger partial charge is 0.466 e. The zero-order chi connectivity index (χ0) is 20.1. The van der Waals surface area contributed by atoms with Crippen LogP contribution in [0.5, 0.6) is 0 Å². The summed E-state index contributed by atoms with van der Waals surface area (Å²) in [7, 11) is -4.64. The van der Waals surface area contributed by atoms with Crippen molar-refractivity contribution in [1.82, 2.24) is 0 Å². The Bertz CT molecular complexity index is 1030. The van der Waals surface area contributed by atoms with Gasteiger partial charge >= 0.3 is 7.82 Å². The molecule has 2 aromatic carbocycles. The number of benzene rings is 2. The van der Waals surface area contributed by atoms with Gasteiger partial charge in [0.15, 0.2) is 11.3 Å². The molecule has 1 aliphatic rings. The number of anilines is 1. The van der Waals surface area contributed by atoms with E-state index in [-0.39, 0.29) is 5.43 Å². The minimum atomic E-state index is -4.64. The maximum atomic E-state index is 12.5. The van der Waals surface area contributed by atoms with Crippen LogP contribution in [0.1, 0.15) is 0 Å². The zero-order valence-corrected chi connectivity index (χ0v) is 15.8. The summed E-state index contributed by atoms with van der Waals surface area (Å²) in [4.78, 5) is 36.1. The smallest absolute Gasteiger partial charge is 0.440 e. The number of nitrogens with zero attached hydrogens (tertiary/aromatic N) is 1. The molecule has 0 atom stereocenters. The molecule has 1 aliphatic heterocycles. The quantitative estimate of drug-likeness (QED) is 0.556. The number of hydrogen-bond donors (Lipinski definition) is 3. The van der Waals surface area contributed by atoms with E-state index in [0.717, 1.165) is 24.2 Å². The van der Waals surface area contributed by atoms with E-state index in [9.17, 15) is 4.79 Å². The van der Waals surface area contributed by atoms with Gasteiger partial charge in [-0.3, -0.25) is 4.79 Å². The molecule has 1 fully saturated rings. The number of fused-ring (bicyclic) bond motifs is 1. The Morgan fingerprint density at radius 1 is 0.929 bits per heavy atom. The molecule has 4 rings (SSSR count). The Morgan fingerprint density at radius 3 is 2.21 bits per heavy atom. The first kappa shape index (κ1) is 20.3. The van der Waals surface area contributed by atoms with Gasteiger partial charge in [-0.1, -0.05) is 42.5 Å². The molecule has 0 amide bonds. The van der Waals surface area contributed by atoms with E-state index < -0.39 is 7.82 Å². The van der Waals surface area contributed by atoms with Gasteiger partial charge in [0, 0.05) is 24.7 Å². The highest BCUT2D eigenvalue weighted by atomic mass is 31.2. The first-order valence-corrected chi connectivity index (χ1v) is 10.1. The van der Waals surface area contributed by atoms with Crippen LogP contribution in [0, 0.1) is 0 Å². The molecule has 0 aliphatic carbocycles. The SMILES string of the molecule is O=P(O)(O)O.O=c1cc(N2CCOCC2)oc2c(-c3ccccc3)cccc12. The Kier molecular flexibility index (Phi) is 6.28. The van der Waals surface area contributed by atoms with E-state index in [1.54, 1.807) is 6.07 Å². The van der Waals surface area contributed by atoms with Crippen molar-refractivity contribution in [2.75, 3.05) is 31.2 Å². The Balaban J connectivity index is 0.000000403. The maximum Gasteiger partial charge on any atom is 0.466 e. The predicted molar refractivity (Wildman–Crippen MR) is 105 cm³/mol. The van der Waals surface area contributed by atoms with Crippen LogP contribution >= 0.6 is 7.82 Å². The summed E-state index contributed by atoms with van der Waals surface area (Å²) >= 11 is 0. The third-order valence-electron chi connectivity index (χ3n) is 4.15. The zero-order valence-electron chi connectivity index (χ0n) is 14.9. The van der Waals surface area contributed by atoms with E-state index >= 15 is 0 Å². The molecule has 0 spiro atoms. The first-order chi connectivity index (χ1) is 13.3. The highest BCUT2D eigenvalue weighted by Crippen LogP contribution is 2.30. The summed E-state index contributed by atoms with van der Waals surface area (Å²) in [6, 6.07) is 17.3. The lowest BCUT2D eigenvalue weighted by atomic mass is 10.0. The van der Waals surface area contributed by atoms with Crippen molar-refractivity contribution < 1.29 is 28.4 Å². The van der Waals surface area contributed by atoms with E-state index in [2.05, 4.69) is 4.90 Å². The number of morpholine rings is 1. The summed E-state index contributed by atoms with van der Waals surface area (Å²) in [6.07, 6.45) is 0. The highest BCUT2D eigenvalue weighted by molar-refractivity contribution is 7.45. The standard InChI is InChI=1S/C19H17NO3.H3O4P/c21-17-13-18(20-9-11-22-12-10-20)23-19-15(7-4-8-16(17)19)14-5-2-1-3-6-14;1-5(2,3)4/h1-8,13H,9-12H2;(H3,1,2,3,4). The van der Waals surface area contributed by atoms with Gasteiger partial charge in [0.1, 0.15) is 5.58 Å². The number of ether oxygens (including phenoxy) is 1. The Hall–Kier alpha value is -2.48. The lowest BCUT2D eigenvalue weighted by molar-refractivity contribution is 0.121. The first-order valence-electron chi connectivity index (χ1n) is 8.56. The monoisotopic (exact) mass is 405 g/mol. The number of para-hydroxylation sites is 1. The van der Waals surface area contributed by atoms with E-state index in [4.69, 9.17) is 28.4 Å². The van der Waals surface area contributed by atoms with Gasteiger partial charge in [0.2, 0.25) is 0 Å². The number of phosphoric acid groups is 1. The van der Waals surface area contributed by atoms with Crippen LogP contribution in [0.25, 0.3) is 22.1 Å². The van der Waals surface area contributed by atoms with Gasteiger partial charge in [0.25, 0.3) is 0 Å². The molecule has 8 nitrogen and oxygen atoms in total. The molecule has 1 aromatic heterocycles. The lowest BCUT2D eigenvalue weighted by Crippen LogP contribution is -2.36. The second-order valence-electron chi connectivity index (χ2n) is 6.11. The van der Waals surface area contributed by atoms with Crippen LogP contribution in [0.15, 0.2) is 63.8 Å². The molecule has 148 valence electrons. The summed E-state index contributed by atoms with van der Waals surface area (Å²) in [5.74, 6) is 0.620. The molecule has 0 bridgehead atoms. The fourth-order valence-corrected chi connectivity index (χ4v) is 2.95. The van der Waals surface area contributed by atoms with Crippen LogP contribution in [-0.4, -0.2) is 41.0 Å². The van der Waals surface area contributed by atoms with Gasteiger partial charge in [0.05, 0.1) is 18.6 Å². The van der Waals surface area contributed by atoms with Gasteiger partial charge in [-0.25, -0.2) is 4.57 Å². The third-order valence-corrected chi connectivity index (χ3v) is 4.15. The molecule has 3 N–H and O–H groups in total. The van der Waals surface area contributed by atoms with Gasteiger partial charge in [-0.05, 0) is 11.6 Å². The molecule has 9 heteroatoms. The average molecular weight is 405 g/mol. The van der Waals surface area contributed by atoms with E-state index in [0.29, 0.717) is 30.1 Å². The summed E-state index contributed by atoms with van der Waals surface area (Å²) < 4.78 is 20.4. The van der Waals surface area contributed by atoms with Crippen LogP contribution in [0.4, 0.5) is 5.88 Å². The van der Waals surface area contributed by atoms with Crippen molar-refractivity contribution in [1.29, 1.82) is 0 Å². The molecule has 3 aromatic rings. The summed E-state index contributed by atoms with van der Waals surface area (Å²) in [5, 5.41) is 0.614. The predicted octanol–water partition coefficient (Wildman–Crippen LogP) is 2.37. The van der Waals surface area contributed by atoms with Crippen molar-refractivity contribution >= 4 is 24.7 Å². The van der Waals surface area contributed by atoms with Crippen LogP contribution < -0.4 is 10.3 Å². The van der Waals surface area contributed by atoms with E-state index in [1.165, 1.54) is 0 Å². The fourth-order valence-electron chi connectivity index (χ4n) is 2.95. The van der Waals surface area contributed by atoms with Crippen molar-refractivity contribution in [3.8, 4) is 11.1 Å². The average Bonchev–Trinajstić information content (AvgIpc) is 2.68. The van der Waals surface area contributed by atoms with Gasteiger partial charge in [-0.2, -0.15) is 0 Å². The molecule has 0 radical (unpaired) electrons. The topological polar surface area (TPSA) is 120 Å². The van der Waals surface area contributed by atoms with Crippen molar-refractivity contribution in [2.45, 2.75) is 0 Å². The molecular weight excluding hydrogens is 385 g/mol. The van der Waals surface area contributed by atoms with Crippen LogP contribution in [0.2, 0.25) is 0 Å². The number of hydrogen-bond acceptors (Lipinski definition) is 5. The second-order valence-corrected chi connectivity index (χ2v) is 7.14. The minimum absolute atomic E-state index is 0.00878. The van der Waals surface area contributed by atoms with E-state index in [1.807, 2.05) is 48.5 Å². The fraction of sp³-hybridized carbons (Fsp3) is 0.211. The summed E-state index contributed by atoms with van der Waals surface area (Å²) in [5.41, 5.74) is 2.62. The maximum absolute atomic E-state index is 12.5. The Morgan fingerprint density at radius 2 is 1.57 bits per heavy atom. The van der Waals surface area contributed by atoms with Gasteiger partial charge in [-0.15, -0.1) is 0 Å². The molecular formula is C19H20NO7P.